The molecule has 4 rings (SSSR count). The second kappa shape index (κ2) is 6.68. The number of H-pyrrole nitrogens is 1. The van der Waals surface area contributed by atoms with E-state index in [0.717, 1.165) is 23.4 Å². The molecule has 7 heteroatoms. The minimum atomic E-state index is -0.417. The first-order valence-electron chi connectivity index (χ1n) is 8.52. The van der Waals surface area contributed by atoms with E-state index < -0.39 is 5.82 Å². The van der Waals surface area contributed by atoms with Crippen LogP contribution in [0.1, 0.15) is 28.5 Å². The predicted molar refractivity (Wildman–Crippen MR) is 99.5 cm³/mol. The molecule has 0 fully saturated rings. The molecule has 1 aliphatic rings. The summed E-state index contributed by atoms with van der Waals surface area (Å²) in [6.07, 6.45) is 2.35. The van der Waals surface area contributed by atoms with Crippen molar-refractivity contribution in [2.45, 2.75) is 13.3 Å². The van der Waals surface area contributed by atoms with E-state index in [-0.39, 0.29) is 5.91 Å². The molecule has 0 atom stereocenters. The number of rotatable bonds is 3. The maximum Gasteiger partial charge on any atom is 0.253 e. The highest BCUT2D eigenvalue weighted by Crippen LogP contribution is 2.29. The Labute approximate surface area is 154 Å². The maximum absolute atomic E-state index is 14.4. The average molecular weight is 364 g/mol. The second-order valence-electron chi connectivity index (χ2n) is 6.39. The number of fused-ring (bicyclic) bond motifs is 1. The molecule has 27 heavy (non-hydrogen) atoms. The van der Waals surface area contributed by atoms with Crippen molar-refractivity contribution < 1.29 is 14.4 Å². The highest BCUT2D eigenvalue weighted by Gasteiger charge is 2.20. The molecule has 1 aliphatic heterocycles. The SMILES string of the molecule is C/C(=N\O)c1ccc(F)c(-c2cc(-c3cc4c([nH]3)CCNC4=O)ccn2)c1. The van der Waals surface area contributed by atoms with Crippen LogP contribution in [0.5, 0.6) is 0 Å². The zero-order valence-corrected chi connectivity index (χ0v) is 14.6. The number of aromatic nitrogens is 2. The summed E-state index contributed by atoms with van der Waals surface area (Å²) >= 11 is 0. The van der Waals surface area contributed by atoms with Gasteiger partial charge in [0.05, 0.1) is 17.0 Å². The van der Waals surface area contributed by atoms with E-state index in [2.05, 4.69) is 20.4 Å². The van der Waals surface area contributed by atoms with Crippen molar-refractivity contribution in [1.29, 1.82) is 0 Å². The molecule has 3 heterocycles. The van der Waals surface area contributed by atoms with Crippen molar-refractivity contribution in [2.24, 2.45) is 5.16 Å². The number of amides is 1. The number of carbonyl (C=O) groups excluding carboxylic acids is 1. The fourth-order valence-corrected chi connectivity index (χ4v) is 3.20. The van der Waals surface area contributed by atoms with Gasteiger partial charge >= 0.3 is 0 Å². The average Bonchev–Trinajstić information content (AvgIpc) is 3.14. The van der Waals surface area contributed by atoms with Gasteiger partial charge in [-0.1, -0.05) is 11.2 Å². The standard InChI is InChI=1S/C20H17FN4O2/c1-11(25-27)12-2-3-16(21)14(8-12)19-9-13(4-6-22-19)18-10-15-17(24-18)5-7-23-20(15)26/h2-4,6,8-10,24,27H,5,7H2,1H3,(H,23,26)/b25-11+. The molecule has 0 saturated heterocycles. The van der Waals surface area contributed by atoms with Crippen molar-refractivity contribution in [2.75, 3.05) is 6.54 Å². The minimum Gasteiger partial charge on any atom is -0.411 e. The topological polar surface area (TPSA) is 90.4 Å². The number of halogens is 1. The van der Waals surface area contributed by atoms with E-state index in [9.17, 15) is 9.18 Å². The number of hydrogen-bond acceptors (Lipinski definition) is 4. The molecule has 2 aromatic heterocycles. The highest BCUT2D eigenvalue weighted by molar-refractivity contribution is 5.99. The Morgan fingerprint density at radius 3 is 2.85 bits per heavy atom. The number of nitrogens with one attached hydrogen (secondary N) is 2. The molecule has 0 radical (unpaired) electrons. The van der Waals surface area contributed by atoms with E-state index in [0.29, 0.717) is 34.6 Å². The van der Waals surface area contributed by atoms with Crippen LogP contribution in [-0.2, 0) is 6.42 Å². The van der Waals surface area contributed by atoms with Crippen LogP contribution in [0.4, 0.5) is 4.39 Å². The number of benzene rings is 1. The van der Waals surface area contributed by atoms with Crippen molar-refractivity contribution in [1.82, 2.24) is 15.3 Å². The molecule has 136 valence electrons. The molecular weight excluding hydrogens is 347 g/mol. The Balaban J connectivity index is 1.77. The van der Waals surface area contributed by atoms with Gasteiger partial charge in [0.25, 0.3) is 5.91 Å². The van der Waals surface area contributed by atoms with E-state index >= 15 is 0 Å². The summed E-state index contributed by atoms with van der Waals surface area (Å²) in [5.41, 5.74) is 4.88. The number of hydrogen-bond donors (Lipinski definition) is 3. The van der Waals surface area contributed by atoms with Crippen LogP contribution in [0.3, 0.4) is 0 Å². The van der Waals surface area contributed by atoms with Crippen LogP contribution in [0.25, 0.3) is 22.5 Å². The smallest absolute Gasteiger partial charge is 0.253 e. The number of pyridine rings is 1. The van der Waals surface area contributed by atoms with Gasteiger partial charge in [-0.25, -0.2) is 4.39 Å². The van der Waals surface area contributed by atoms with Gasteiger partial charge in [-0.05, 0) is 42.8 Å². The van der Waals surface area contributed by atoms with Crippen molar-refractivity contribution in [3.63, 3.8) is 0 Å². The first-order chi connectivity index (χ1) is 13.1. The lowest BCUT2D eigenvalue weighted by atomic mass is 10.0. The van der Waals surface area contributed by atoms with Gasteiger partial charge in [-0.3, -0.25) is 9.78 Å². The molecule has 3 aromatic rings. The van der Waals surface area contributed by atoms with Gasteiger partial charge in [0.1, 0.15) is 5.82 Å². The third kappa shape index (κ3) is 3.08. The quantitative estimate of drug-likeness (QED) is 0.378. The third-order valence-electron chi connectivity index (χ3n) is 4.69. The lowest BCUT2D eigenvalue weighted by Crippen LogP contribution is -2.31. The summed E-state index contributed by atoms with van der Waals surface area (Å²) in [7, 11) is 0. The van der Waals surface area contributed by atoms with E-state index in [1.54, 1.807) is 43.5 Å². The summed E-state index contributed by atoms with van der Waals surface area (Å²) in [5, 5.41) is 14.9. The largest absolute Gasteiger partial charge is 0.411 e. The van der Waals surface area contributed by atoms with Crippen molar-refractivity contribution >= 4 is 11.6 Å². The number of aromatic amines is 1. The predicted octanol–water partition coefficient (Wildman–Crippen LogP) is 3.37. The van der Waals surface area contributed by atoms with Crippen molar-refractivity contribution in [3.05, 3.63) is 65.2 Å². The summed E-state index contributed by atoms with van der Waals surface area (Å²) in [6, 6.07) is 9.85. The molecule has 6 nitrogen and oxygen atoms in total. The van der Waals surface area contributed by atoms with Gasteiger partial charge in [0.15, 0.2) is 0 Å². The summed E-state index contributed by atoms with van der Waals surface area (Å²) in [4.78, 5) is 19.5. The van der Waals surface area contributed by atoms with Crippen LogP contribution in [0, 0.1) is 5.82 Å². The third-order valence-corrected chi connectivity index (χ3v) is 4.69. The van der Waals surface area contributed by atoms with E-state index in [4.69, 9.17) is 5.21 Å². The van der Waals surface area contributed by atoms with E-state index in [1.165, 1.54) is 6.07 Å². The molecular formula is C20H17FN4O2. The van der Waals surface area contributed by atoms with Gasteiger partial charge in [0, 0.05) is 41.7 Å². The molecule has 1 aromatic carbocycles. The van der Waals surface area contributed by atoms with Crippen molar-refractivity contribution in [3.8, 4) is 22.5 Å². The van der Waals surface area contributed by atoms with Crippen LogP contribution < -0.4 is 5.32 Å². The Morgan fingerprint density at radius 2 is 2.07 bits per heavy atom. The number of oxime groups is 1. The Hall–Kier alpha value is -3.48. The van der Waals surface area contributed by atoms with Crippen LogP contribution in [0.15, 0.2) is 47.8 Å². The Kier molecular flexibility index (Phi) is 4.19. The van der Waals surface area contributed by atoms with Gasteiger partial charge in [0.2, 0.25) is 0 Å². The lowest BCUT2D eigenvalue weighted by molar-refractivity contribution is 0.0946. The molecule has 0 aliphatic carbocycles. The summed E-state index contributed by atoms with van der Waals surface area (Å²) < 4.78 is 14.4. The fraction of sp³-hybridized carbons (Fsp3) is 0.150. The summed E-state index contributed by atoms with van der Waals surface area (Å²) in [5.74, 6) is -0.509. The first kappa shape index (κ1) is 17.0. The molecule has 0 unspecified atom stereocenters. The number of carbonyl (C=O) groups is 1. The Morgan fingerprint density at radius 1 is 1.22 bits per heavy atom. The zero-order chi connectivity index (χ0) is 19.0. The number of nitrogens with zero attached hydrogens (tertiary/aromatic N) is 2. The first-order valence-corrected chi connectivity index (χ1v) is 8.52. The molecule has 0 bridgehead atoms. The minimum absolute atomic E-state index is 0.0921. The zero-order valence-electron chi connectivity index (χ0n) is 14.6. The molecule has 0 saturated carbocycles. The monoisotopic (exact) mass is 364 g/mol. The normalized spacial score (nSPS) is 14.0. The summed E-state index contributed by atoms with van der Waals surface area (Å²) in [6.45, 7) is 2.24. The van der Waals surface area contributed by atoms with E-state index in [1.807, 2.05) is 0 Å². The Bertz CT molecular complexity index is 1070. The van der Waals surface area contributed by atoms with Crippen LogP contribution >= 0.6 is 0 Å². The fourth-order valence-electron chi connectivity index (χ4n) is 3.20. The molecule has 0 spiro atoms. The van der Waals surface area contributed by atoms with Crippen LogP contribution in [-0.4, -0.2) is 33.3 Å². The molecule has 1 amide bonds. The lowest BCUT2D eigenvalue weighted by Gasteiger charge is -2.11. The molecule has 3 N–H and O–H groups in total. The van der Waals surface area contributed by atoms with Gasteiger partial charge in [-0.15, -0.1) is 0 Å². The van der Waals surface area contributed by atoms with Gasteiger partial charge < -0.3 is 15.5 Å². The van der Waals surface area contributed by atoms with Gasteiger partial charge in [-0.2, -0.15) is 0 Å². The highest BCUT2D eigenvalue weighted by atomic mass is 19.1. The second-order valence-corrected chi connectivity index (χ2v) is 6.39. The van der Waals surface area contributed by atoms with Crippen LogP contribution in [0.2, 0.25) is 0 Å². The maximum atomic E-state index is 14.4.